The minimum atomic E-state index is 0.741. The van der Waals surface area contributed by atoms with Crippen LogP contribution in [0, 0.1) is 6.92 Å². The molecular weight excluding hydrogens is 238 g/mol. The first-order valence-corrected chi connectivity index (χ1v) is 6.53. The van der Waals surface area contributed by atoms with Crippen LogP contribution in [0.25, 0.3) is 0 Å². The molecule has 2 aromatic heterocycles. The molecule has 0 atom stereocenters. The smallest absolute Gasteiger partial charge is 0.145 e. The molecule has 4 nitrogen and oxygen atoms in total. The minimum absolute atomic E-state index is 0.741. The molecule has 0 aromatic carbocycles. The van der Waals surface area contributed by atoms with Gasteiger partial charge in [-0.25, -0.2) is 0 Å². The Morgan fingerprint density at radius 1 is 1.32 bits per heavy atom. The fourth-order valence-electron chi connectivity index (χ4n) is 1.73. The Morgan fingerprint density at radius 3 is 2.95 bits per heavy atom. The molecule has 0 bridgehead atoms. The second-order valence-electron chi connectivity index (χ2n) is 4.40. The van der Waals surface area contributed by atoms with Gasteiger partial charge in [-0.1, -0.05) is 6.92 Å². The lowest BCUT2D eigenvalue weighted by atomic mass is 10.2. The summed E-state index contributed by atoms with van der Waals surface area (Å²) >= 11 is 0. The summed E-state index contributed by atoms with van der Waals surface area (Å²) in [5, 5.41) is 3.36. The number of aryl methyl sites for hydroxylation is 1. The zero-order valence-electron chi connectivity index (χ0n) is 11.4. The minimum Gasteiger partial charge on any atom is -0.455 e. The summed E-state index contributed by atoms with van der Waals surface area (Å²) < 4.78 is 5.88. The maximum Gasteiger partial charge on any atom is 0.145 e. The second kappa shape index (κ2) is 6.85. The molecule has 0 spiro atoms. The highest BCUT2D eigenvalue weighted by atomic mass is 16.5. The van der Waals surface area contributed by atoms with Crippen molar-refractivity contribution in [1.29, 1.82) is 0 Å². The first-order chi connectivity index (χ1) is 9.29. The summed E-state index contributed by atoms with van der Waals surface area (Å²) in [5.74, 6) is 1.58. The van der Waals surface area contributed by atoms with Crippen LogP contribution in [0.2, 0.25) is 0 Å². The SMILES string of the molecule is CCCNCc1cnc(C)cc1Oc1cccnc1. The molecule has 2 aromatic rings. The summed E-state index contributed by atoms with van der Waals surface area (Å²) in [4.78, 5) is 8.38. The zero-order valence-corrected chi connectivity index (χ0v) is 11.4. The highest BCUT2D eigenvalue weighted by molar-refractivity contribution is 5.36. The topological polar surface area (TPSA) is 47.0 Å². The predicted octanol–water partition coefficient (Wildman–Crippen LogP) is 3.08. The number of ether oxygens (including phenoxy) is 1. The molecule has 0 aliphatic carbocycles. The van der Waals surface area contributed by atoms with Crippen LogP contribution in [-0.4, -0.2) is 16.5 Å². The maximum atomic E-state index is 5.88. The van der Waals surface area contributed by atoms with Gasteiger partial charge in [0.15, 0.2) is 0 Å². The van der Waals surface area contributed by atoms with E-state index in [0.717, 1.165) is 42.3 Å². The Labute approximate surface area is 113 Å². The molecular formula is C15H19N3O. The Hall–Kier alpha value is -1.94. The lowest BCUT2D eigenvalue weighted by Gasteiger charge is -2.12. The second-order valence-corrected chi connectivity index (χ2v) is 4.40. The van der Waals surface area contributed by atoms with E-state index < -0.39 is 0 Å². The standard InChI is InChI=1S/C15H19N3O/c1-3-6-16-9-13-10-18-12(2)8-15(13)19-14-5-4-7-17-11-14/h4-5,7-8,10-11,16H,3,6,9H2,1-2H3. The monoisotopic (exact) mass is 257 g/mol. The lowest BCUT2D eigenvalue weighted by molar-refractivity contribution is 0.469. The maximum absolute atomic E-state index is 5.88. The number of nitrogens with zero attached hydrogens (tertiary/aromatic N) is 2. The zero-order chi connectivity index (χ0) is 13.5. The molecule has 4 heteroatoms. The third-order valence-corrected chi connectivity index (χ3v) is 2.68. The molecule has 0 aliphatic heterocycles. The summed E-state index contributed by atoms with van der Waals surface area (Å²) in [5.41, 5.74) is 2.00. The molecule has 19 heavy (non-hydrogen) atoms. The molecule has 0 unspecified atom stereocenters. The van der Waals surface area contributed by atoms with Crippen LogP contribution in [0.1, 0.15) is 24.6 Å². The Balaban J connectivity index is 2.15. The molecule has 0 saturated heterocycles. The van der Waals surface area contributed by atoms with E-state index in [-0.39, 0.29) is 0 Å². The van der Waals surface area contributed by atoms with Crippen LogP contribution in [0.15, 0.2) is 36.8 Å². The van der Waals surface area contributed by atoms with E-state index in [1.165, 1.54) is 0 Å². The molecule has 0 aliphatic rings. The van der Waals surface area contributed by atoms with Gasteiger partial charge >= 0.3 is 0 Å². The first-order valence-electron chi connectivity index (χ1n) is 6.53. The van der Waals surface area contributed by atoms with Crippen molar-refractivity contribution in [1.82, 2.24) is 15.3 Å². The highest BCUT2D eigenvalue weighted by Crippen LogP contribution is 2.24. The summed E-state index contributed by atoms with van der Waals surface area (Å²) in [6.45, 7) is 5.85. The van der Waals surface area contributed by atoms with E-state index in [1.54, 1.807) is 12.4 Å². The van der Waals surface area contributed by atoms with Gasteiger partial charge in [-0.2, -0.15) is 0 Å². The van der Waals surface area contributed by atoms with Gasteiger partial charge in [-0.15, -0.1) is 0 Å². The molecule has 1 N–H and O–H groups in total. The molecule has 100 valence electrons. The van der Waals surface area contributed by atoms with E-state index in [9.17, 15) is 0 Å². The largest absolute Gasteiger partial charge is 0.455 e. The average Bonchev–Trinajstić information content (AvgIpc) is 2.43. The molecule has 0 amide bonds. The summed E-state index contributed by atoms with van der Waals surface area (Å²) in [6.07, 6.45) is 6.41. The number of hydrogen-bond acceptors (Lipinski definition) is 4. The summed E-state index contributed by atoms with van der Waals surface area (Å²) in [7, 11) is 0. The van der Waals surface area contributed by atoms with Crippen molar-refractivity contribution in [2.45, 2.75) is 26.8 Å². The van der Waals surface area contributed by atoms with Gasteiger partial charge in [-0.3, -0.25) is 9.97 Å². The third-order valence-electron chi connectivity index (χ3n) is 2.68. The number of rotatable bonds is 6. The van der Waals surface area contributed by atoms with Crippen LogP contribution in [0.5, 0.6) is 11.5 Å². The number of pyridine rings is 2. The number of nitrogens with one attached hydrogen (secondary N) is 1. The van der Waals surface area contributed by atoms with E-state index >= 15 is 0 Å². The van der Waals surface area contributed by atoms with E-state index in [1.807, 2.05) is 31.3 Å². The van der Waals surface area contributed by atoms with Crippen molar-refractivity contribution in [3.05, 3.63) is 48.0 Å². The summed E-state index contributed by atoms with van der Waals surface area (Å²) in [6, 6.07) is 5.71. The van der Waals surface area contributed by atoms with Crippen molar-refractivity contribution < 1.29 is 4.74 Å². The Bertz CT molecular complexity index is 514. The Morgan fingerprint density at radius 2 is 2.21 bits per heavy atom. The number of aromatic nitrogens is 2. The predicted molar refractivity (Wildman–Crippen MR) is 75.3 cm³/mol. The van der Waals surface area contributed by atoms with E-state index in [2.05, 4.69) is 22.2 Å². The van der Waals surface area contributed by atoms with Crippen molar-refractivity contribution in [2.24, 2.45) is 0 Å². The fraction of sp³-hybridized carbons (Fsp3) is 0.333. The fourth-order valence-corrected chi connectivity index (χ4v) is 1.73. The van der Waals surface area contributed by atoms with Crippen molar-refractivity contribution >= 4 is 0 Å². The van der Waals surface area contributed by atoms with Gasteiger partial charge in [0, 0.05) is 36.3 Å². The molecule has 2 rings (SSSR count). The van der Waals surface area contributed by atoms with Gasteiger partial charge in [0.2, 0.25) is 0 Å². The number of hydrogen-bond donors (Lipinski definition) is 1. The third kappa shape index (κ3) is 4.03. The van der Waals surface area contributed by atoms with Gasteiger partial charge in [0.05, 0.1) is 6.20 Å². The van der Waals surface area contributed by atoms with E-state index in [4.69, 9.17) is 4.74 Å². The lowest BCUT2D eigenvalue weighted by Crippen LogP contribution is -2.14. The first kappa shape index (κ1) is 13.5. The van der Waals surface area contributed by atoms with Crippen LogP contribution in [-0.2, 0) is 6.54 Å². The molecule has 2 heterocycles. The van der Waals surface area contributed by atoms with Crippen molar-refractivity contribution in [3.63, 3.8) is 0 Å². The molecule has 0 saturated carbocycles. The van der Waals surface area contributed by atoms with Gasteiger partial charge < -0.3 is 10.1 Å². The quantitative estimate of drug-likeness (QED) is 0.808. The van der Waals surface area contributed by atoms with Gasteiger partial charge in [0.1, 0.15) is 11.5 Å². The van der Waals surface area contributed by atoms with E-state index in [0.29, 0.717) is 0 Å². The highest BCUT2D eigenvalue weighted by Gasteiger charge is 2.06. The van der Waals surface area contributed by atoms with Crippen LogP contribution < -0.4 is 10.1 Å². The van der Waals surface area contributed by atoms with Gasteiger partial charge in [0.25, 0.3) is 0 Å². The average molecular weight is 257 g/mol. The van der Waals surface area contributed by atoms with Crippen molar-refractivity contribution in [2.75, 3.05) is 6.54 Å². The molecule has 0 radical (unpaired) electrons. The van der Waals surface area contributed by atoms with Gasteiger partial charge in [-0.05, 0) is 32.0 Å². The Kier molecular flexibility index (Phi) is 4.86. The molecule has 0 fully saturated rings. The van der Waals surface area contributed by atoms with Crippen molar-refractivity contribution in [3.8, 4) is 11.5 Å². The van der Waals surface area contributed by atoms with Crippen LogP contribution in [0.4, 0.5) is 0 Å². The van der Waals surface area contributed by atoms with Crippen LogP contribution in [0.3, 0.4) is 0 Å². The van der Waals surface area contributed by atoms with Crippen LogP contribution >= 0.6 is 0 Å². The normalized spacial score (nSPS) is 10.4.